The van der Waals surface area contributed by atoms with Crippen molar-refractivity contribution in [3.8, 4) is 0 Å². The standard InChI is InChI=1S/C9H11ClFNO.C8H13N/c1-3-4-9(10)8(7(2)11)5-12-6-13;1-7(2)9-6-4-5-8(9)3/h3-4,6H,1,5H2,2H3,(H,12,13);4-7H,1-3H3/b8-7+,9-4+;. The number of aryl methyl sites for hydroxylation is 1. The Morgan fingerprint density at radius 1 is 1.55 bits per heavy atom. The van der Waals surface area contributed by atoms with E-state index in [1.807, 2.05) is 0 Å². The third-order valence-corrected chi connectivity index (χ3v) is 3.23. The van der Waals surface area contributed by atoms with Gasteiger partial charge in [0.1, 0.15) is 5.83 Å². The number of nitrogens with zero attached hydrogens (tertiary/aromatic N) is 1. The first kappa shape index (κ1) is 20.2. The fourth-order valence-corrected chi connectivity index (χ4v) is 2.06. The Labute approximate surface area is 137 Å². The van der Waals surface area contributed by atoms with Crippen molar-refractivity contribution >= 4 is 18.0 Å². The minimum Gasteiger partial charge on any atom is -0.354 e. The molecule has 5 heteroatoms. The molecule has 0 aliphatic heterocycles. The molecule has 22 heavy (non-hydrogen) atoms. The Balaban J connectivity index is 0.000000425. The van der Waals surface area contributed by atoms with Gasteiger partial charge >= 0.3 is 0 Å². The SMILES string of the molecule is C=C/C=C(Cl)\C(CNC=O)=C(/C)F.Cc1cccn1C(C)C. The van der Waals surface area contributed by atoms with Gasteiger partial charge in [0.15, 0.2) is 0 Å². The fraction of sp³-hybridized carbons (Fsp3) is 0.353. The fourth-order valence-electron chi connectivity index (χ4n) is 1.78. The molecule has 0 bridgehead atoms. The van der Waals surface area contributed by atoms with Crippen LogP contribution < -0.4 is 5.32 Å². The van der Waals surface area contributed by atoms with E-state index in [-0.39, 0.29) is 17.2 Å². The molecule has 0 aromatic carbocycles. The molecular weight excluding hydrogens is 303 g/mol. The van der Waals surface area contributed by atoms with Gasteiger partial charge in [0, 0.05) is 35.1 Å². The Hall–Kier alpha value is -1.81. The molecule has 0 fully saturated rings. The second-order valence-corrected chi connectivity index (χ2v) is 5.32. The van der Waals surface area contributed by atoms with Crippen LogP contribution >= 0.6 is 11.6 Å². The van der Waals surface area contributed by atoms with Crippen molar-refractivity contribution < 1.29 is 9.18 Å². The van der Waals surface area contributed by atoms with Crippen LogP contribution in [-0.4, -0.2) is 17.5 Å². The van der Waals surface area contributed by atoms with Crippen LogP contribution in [0.5, 0.6) is 0 Å². The highest BCUT2D eigenvalue weighted by atomic mass is 35.5. The van der Waals surface area contributed by atoms with Crippen molar-refractivity contribution in [2.45, 2.75) is 33.7 Å². The van der Waals surface area contributed by atoms with E-state index >= 15 is 0 Å². The molecule has 0 radical (unpaired) electrons. The number of allylic oxidation sites excluding steroid dienone is 3. The smallest absolute Gasteiger partial charge is 0.207 e. The lowest BCUT2D eigenvalue weighted by atomic mass is 10.2. The molecule has 122 valence electrons. The van der Waals surface area contributed by atoms with Gasteiger partial charge < -0.3 is 9.88 Å². The minimum atomic E-state index is -0.419. The zero-order chi connectivity index (χ0) is 17.1. The summed E-state index contributed by atoms with van der Waals surface area (Å²) in [4.78, 5) is 9.97. The average Bonchev–Trinajstić information content (AvgIpc) is 2.86. The molecule has 1 aromatic rings. The maximum Gasteiger partial charge on any atom is 0.207 e. The maximum atomic E-state index is 12.8. The molecule has 3 nitrogen and oxygen atoms in total. The monoisotopic (exact) mass is 326 g/mol. The average molecular weight is 327 g/mol. The first-order chi connectivity index (χ1) is 10.3. The van der Waals surface area contributed by atoms with Crippen molar-refractivity contribution in [2.75, 3.05) is 6.54 Å². The van der Waals surface area contributed by atoms with E-state index in [0.717, 1.165) is 0 Å². The highest BCUT2D eigenvalue weighted by Gasteiger charge is 2.05. The second-order valence-electron chi connectivity index (χ2n) is 4.91. The van der Waals surface area contributed by atoms with Crippen LogP contribution in [0.15, 0.2) is 53.5 Å². The summed E-state index contributed by atoms with van der Waals surface area (Å²) >= 11 is 5.71. The van der Waals surface area contributed by atoms with Gasteiger partial charge in [-0.2, -0.15) is 0 Å². The number of aromatic nitrogens is 1. The van der Waals surface area contributed by atoms with E-state index < -0.39 is 5.83 Å². The number of carbonyl (C=O) groups is 1. The first-order valence-corrected chi connectivity index (χ1v) is 7.37. The van der Waals surface area contributed by atoms with Crippen LogP contribution in [0.4, 0.5) is 4.39 Å². The number of halogens is 2. The van der Waals surface area contributed by atoms with Gasteiger partial charge in [-0.25, -0.2) is 4.39 Å². The van der Waals surface area contributed by atoms with Crippen LogP contribution in [0.25, 0.3) is 0 Å². The molecule has 1 rings (SSSR count). The summed E-state index contributed by atoms with van der Waals surface area (Å²) in [6.07, 6.45) is 5.51. The highest BCUT2D eigenvalue weighted by Crippen LogP contribution is 2.18. The van der Waals surface area contributed by atoms with Gasteiger partial charge in [0.05, 0.1) is 0 Å². The topological polar surface area (TPSA) is 34.0 Å². The molecule has 0 aliphatic rings. The van der Waals surface area contributed by atoms with Crippen molar-refractivity contribution in [3.63, 3.8) is 0 Å². The predicted molar refractivity (Wildman–Crippen MR) is 91.6 cm³/mol. The maximum absolute atomic E-state index is 12.8. The molecule has 1 heterocycles. The zero-order valence-corrected chi connectivity index (χ0v) is 14.3. The van der Waals surface area contributed by atoms with E-state index in [0.29, 0.717) is 12.5 Å². The van der Waals surface area contributed by atoms with E-state index in [9.17, 15) is 9.18 Å². The van der Waals surface area contributed by atoms with Crippen molar-refractivity contribution in [2.24, 2.45) is 0 Å². The van der Waals surface area contributed by atoms with Crippen LogP contribution in [0.3, 0.4) is 0 Å². The Bertz CT molecular complexity index is 541. The third-order valence-electron chi connectivity index (χ3n) is 2.88. The molecule has 0 atom stereocenters. The minimum absolute atomic E-state index is 0.0784. The Morgan fingerprint density at radius 3 is 2.50 bits per heavy atom. The predicted octanol–water partition coefficient (Wildman–Crippen LogP) is 4.66. The van der Waals surface area contributed by atoms with E-state index in [2.05, 4.69) is 55.6 Å². The highest BCUT2D eigenvalue weighted by molar-refractivity contribution is 6.32. The molecule has 1 amide bonds. The second kappa shape index (κ2) is 10.9. The van der Waals surface area contributed by atoms with Gasteiger partial charge in [-0.15, -0.1) is 0 Å². The van der Waals surface area contributed by atoms with Crippen LogP contribution in [-0.2, 0) is 4.79 Å². The molecule has 0 unspecified atom stereocenters. The quantitative estimate of drug-likeness (QED) is 0.598. The third kappa shape index (κ3) is 7.27. The van der Waals surface area contributed by atoms with Crippen LogP contribution in [0, 0.1) is 6.92 Å². The lowest BCUT2D eigenvalue weighted by Gasteiger charge is -2.08. The summed E-state index contributed by atoms with van der Waals surface area (Å²) in [6, 6.07) is 4.80. The molecule has 0 spiro atoms. The summed E-state index contributed by atoms with van der Waals surface area (Å²) < 4.78 is 15.1. The van der Waals surface area contributed by atoms with E-state index in [1.54, 1.807) is 0 Å². The number of hydrogen-bond donors (Lipinski definition) is 1. The number of amides is 1. The largest absolute Gasteiger partial charge is 0.354 e. The van der Waals surface area contributed by atoms with Gasteiger partial charge in [-0.05, 0) is 45.9 Å². The lowest BCUT2D eigenvalue weighted by molar-refractivity contribution is -0.109. The number of carbonyl (C=O) groups excluding carboxylic acids is 1. The number of nitrogens with one attached hydrogen (secondary N) is 1. The summed E-state index contributed by atoms with van der Waals surface area (Å²) in [5, 5.41) is 2.57. The normalized spacial score (nSPS) is 12.2. The number of hydrogen-bond acceptors (Lipinski definition) is 1. The van der Waals surface area contributed by atoms with Gasteiger partial charge in [0.2, 0.25) is 6.41 Å². The first-order valence-electron chi connectivity index (χ1n) is 6.99. The molecule has 0 saturated heterocycles. The van der Waals surface area contributed by atoms with Gasteiger partial charge in [-0.1, -0.05) is 24.3 Å². The Morgan fingerprint density at radius 2 is 2.18 bits per heavy atom. The summed E-state index contributed by atoms with van der Waals surface area (Å²) in [6.45, 7) is 11.3. The van der Waals surface area contributed by atoms with Crippen molar-refractivity contribution in [1.29, 1.82) is 0 Å². The Kier molecular flexibility index (Phi) is 9.96. The molecular formula is C17H24ClFN2O. The molecule has 1 aromatic heterocycles. The van der Waals surface area contributed by atoms with Gasteiger partial charge in [0.25, 0.3) is 0 Å². The molecule has 1 N–H and O–H groups in total. The van der Waals surface area contributed by atoms with Crippen LogP contribution in [0.1, 0.15) is 32.5 Å². The molecule has 0 aliphatic carbocycles. The van der Waals surface area contributed by atoms with Crippen LogP contribution in [0.2, 0.25) is 0 Å². The van der Waals surface area contributed by atoms with Gasteiger partial charge in [-0.3, -0.25) is 4.79 Å². The summed E-state index contributed by atoms with van der Waals surface area (Å²) in [5.74, 6) is -0.419. The molecule has 0 saturated carbocycles. The lowest BCUT2D eigenvalue weighted by Crippen LogP contribution is -2.15. The number of rotatable bonds is 6. The van der Waals surface area contributed by atoms with E-state index in [1.165, 1.54) is 24.8 Å². The summed E-state index contributed by atoms with van der Waals surface area (Å²) in [5.41, 5.74) is 1.60. The summed E-state index contributed by atoms with van der Waals surface area (Å²) in [7, 11) is 0. The van der Waals surface area contributed by atoms with E-state index in [4.69, 9.17) is 11.6 Å². The van der Waals surface area contributed by atoms with Crippen molar-refractivity contribution in [1.82, 2.24) is 9.88 Å². The van der Waals surface area contributed by atoms with Crippen molar-refractivity contribution in [3.05, 3.63) is 59.2 Å². The zero-order valence-electron chi connectivity index (χ0n) is 13.6.